The quantitative estimate of drug-likeness (QED) is 0.143. The number of hydrogen-bond acceptors (Lipinski definition) is 11. The number of amides is 3. The number of carbonyl (C=O) groups excluding carboxylic acids is 2. The number of halogens is 2. The van der Waals surface area contributed by atoms with Crippen molar-refractivity contribution in [3.05, 3.63) is 76.3 Å². The highest BCUT2D eigenvalue weighted by Gasteiger charge is 2.56. The van der Waals surface area contributed by atoms with E-state index in [1.54, 1.807) is 58.8 Å². The number of piperidine rings is 1. The van der Waals surface area contributed by atoms with Crippen molar-refractivity contribution in [3.8, 4) is 17.6 Å². The van der Waals surface area contributed by atoms with Crippen LogP contribution in [0.2, 0.25) is 0 Å². The van der Waals surface area contributed by atoms with Crippen molar-refractivity contribution in [1.82, 2.24) is 29.5 Å². The maximum absolute atomic E-state index is 15.7. The summed E-state index contributed by atoms with van der Waals surface area (Å²) >= 11 is 1.54. The molecule has 2 N–H and O–H groups in total. The predicted molar refractivity (Wildman–Crippen MR) is 231 cm³/mol. The Balaban J connectivity index is 0.693. The molecule has 6 aliphatic rings. The van der Waals surface area contributed by atoms with Crippen molar-refractivity contribution in [2.75, 3.05) is 47.2 Å². The smallest absolute Gasteiger partial charge is 0.329 e. The lowest BCUT2D eigenvalue weighted by Crippen LogP contribution is -2.67. The standard InChI is InChI=1S/C45H46F2N10O4S/c1-53-37-17-38(34(47)16-31(37)41(51-53)56-12-9-39(58)50-43(56)60)55-23-45(24-55)18-26(19-45)54-13-10-44(11-14-54)20-27(21-44)57-25-49-35-7-5-28(15-30(35)42(57)59)61-40-32(22-48)36(8-6-33(40)46)52-62-29-3-2-4-29/h5-8,15-17,25-27,29,52H,2-4,9-14,18-21,23-24H2,1H3,(H,50,58,60). The van der Waals surface area contributed by atoms with Crippen LogP contribution < -0.4 is 30.1 Å². The normalized spacial score (nSPS) is 21.4. The Bertz CT molecular complexity index is 2770. The molecule has 17 heteroatoms. The molecule has 2 aromatic heterocycles. The van der Waals surface area contributed by atoms with Gasteiger partial charge in [-0.25, -0.2) is 18.6 Å². The second-order valence-electron chi connectivity index (χ2n) is 18.5. The molecule has 0 unspecified atom stereocenters. The summed E-state index contributed by atoms with van der Waals surface area (Å²) in [5.74, 6) is -0.896. The molecule has 5 heterocycles. The number of aryl methyl sites for hydroxylation is 1. The molecule has 2 spiro atoms. The van der Waals surface area contributed by atoms with E-state index in [9.17, 15) is 19.6 Å². The monoisotopic (exact) mass is 860 g/mol. The Hall–Kier alpha value is -5.73. The second-order valence-corrected chi connectivity index (χ2v) is 19.6. The minimum Gasteiger partial charge on any atom is -0.453 e. The molecule has 3 aliphatic carbocycles. The van der Waals surface area contributed by atoms with Crippen LogP contribution in [0.25, 0.3) is 21.8 Å². The molecule has 0 atom stereocenters. The van der Waals surface area contributed by atoms with E-state index in [-0.39, 0.29) is 64.2 Å². The van der Waals surface area contributed by atoms with Gasteiger partial charge in [-0.3, -0.25) is 29.1 Å². The average molecular weight is 861 g/mol. The molecular formula is C45H46F2N10O4S. The number of fused-ring (bicyclic) bond motifs is 2. The Labute approximate surface area is 360 Å². The number of anilines is 3. The number of nitrogens with one attached hydrogen (secondary N) is 2. The van der Waals surface area contributed by atoms with Crippen molar-refractivity contribution in [2.24, 2.45) is 17.9 Å². The molecule has 0 bridgehead atoms. The molecule has 5 aromatic rings. The lowest BCUT2D eigenvalue weighted by molar-refractivity contribution is -0.120. The summed E-state index contributed by atoms with van der Waals surface area (Å²) in [6, 6.07) is 13.2. The zero-order valence-electron chi connectivity index (χ0n) is 34.3. The van der Waals surface area contributed by atoms with E-state index in [2.05, 4.69) is 36.0 Å². The van der Waals surface area contributed by atoms with Crippen LogP contribution in [-0.2, 0) is 11.8 Å². The minimum absolute atomic E-state index is 0.0505. The number of nitrogens with zero attached hydrogens (tertiary/aromatic N) is 8. The van der Waals surface area contributed by atoms with Crippen LogP contribution in [0.3, 0.4) is 0 Å². The fourth-order valence-electron chi connectivity index (χ4n) is 10.8. The van der Waals surface area contributed by atoms with Gasteiger partial charge in [0, 0.05) is 61.2 Å². The summed E-state index contributed by atoms with van der Waals surface area (Å²) in [6.45, 7) is 3.85. The SMILES string of the molecule is Cn1nc(N2CCC(=O)NC2=O)c2cc(F)c(N3CC4(CC(N5CCC6(CC5)CC(n5cnc7ccc(Oc8c(F)ccc(NSC9CCC9)c8C#N)cc7c5=O)C6)C4)C3)cc21. The lowest BCUT2D eigenvalue weighted by Gasteiger charge is -2.63. The van der Waals surface area contributed by atoms with Gasteiger partial charge in [0.2, 0.25) is 5.91 Å². The molecule has 11 rings (SSSR count). The highest BCUT2D eigenvalue weighted by molar-refractivity contribution is 8.01. The largest absolute Gasteiger partial charge is 0.453 e. The lowest BCUT2D eigenvalue weighted by atomic mass is 9.57. The van der Waals surface area contributed by atoms with Gasteiger partial charge in [-0.05, 0) is 124 Å². The third-order valence-corrected chi connectivity index (χ3v) is 15.8. The molecule has 3 aromatic carbocycles. The predicted octanol–water partition coefficient (Wildman–Crippen LogP) is 7.37. The summed E-state index contributed by atoms with van der Waals surface area (Å²) in [5, 5.41) is 18.2. The highest BCUT2D eigenvalue weighted by Crippen LogP contribution is 2.57. The third kappa shape index (κ3) is 6.56. The zero-order chi connectivity index (χ0) is 42.5. The summed E-state index contributed by atoms with van der Waals surface area (Å²) in [6.07, 6.45) is 11.4. The highest BCUT2D eigenvalue weighted by atomic mass is 32.2. The maximum atomic E-state index is 15.7. The Morgan fingerprint density at radius 2 is 1.71 bits per heavy atom. The van der Waals surface area contributed by atoms with Crippen LogP contribution in [0.4, 0.5) is 30.8 Å². The van der Waals surface area contributed by atoms with Crippen LogP contribution in [0, 0.1) is 33.8 Å². The van der Waals surface area contributed by atoms with E-state index >= 15 is 8.78 Å². The Kier molecular flexibility index (Phi) is 9.27. The molecule has 320 valence electrons. The van der Waals surface area contributed by atoms with Crippen LogP contribution in [-0.4, -0.2) is 80.2 Å². The number of imide groups is 1. The number of urea groups is 1. The fraction of sp³-hybridized carbons (Fsp3) is 0.467. The van der Waals surface area contributed by atoms with Gasteiger partial charge >= 0.3 is 6.03 Å². The van der Waals surface area contributed by atoms with Gasteiger partial charge in [0.15, 0.2) is 17.4 Å². The molecule has 3 amide bonds. The number of hydrogen-bond donors (Lipinski definition) is 2. The number of carbonyl (C=O) groups is 2. The summed E-state index contributed by atoms with van der Waals surface area (Å²) in [5.41, 5.74) is 2.61. The van der Waals surface area contributed by atoms with E-state index in [1.165, 1.54) is 23.5 Å². The second kappa shape index (κ2) is 14.7. The average Bonchev–Trinajstić information content (AvgIpc) is 3.51. The molecular weight excluding hydrogens is 815 g/mol. The minimum atomic E-state index is -0.655. The van der Waals surface area contributed by atoms with Crippen molar-refractivity contribution in [2.45, 2.75) is 81.5 Å². The van der Waals surface area contributed by atoms with E-state index in [4.69, 9.17) is 4.74 Å². The zero-order valence-corrected chi connectivity index (χ0v) is 35.1. The van der Waals surface area contributed by atoms with Gasteiger partial charge in [-0.1, -0.05) is 6.42 Å². The first-order chi connectivity index (χ1) is 30.0. The third-order valence-electron chi connectivity index (χ3n) is 14.6. The molecule has 3 saturated heterocycles. The van der Waals surface area contributed by atoms with Crippen LogP contribution in [0.5, 0.6) is 11.5 Å². The number of nitriles is 1. The molecule has 6 fully saturated rings. The van der Waals surface area contributed by atoms with Crippen molar-refractivity contribution < 1.29 is 23.1 Å². The van der Waals surface area contributed by atoms with E-state index in [0.29, 0.717) is 44.8 Å². The summed E-state index contributed by atoms with van der Waals surface area (Å²) in [4.78, 5) is 48.8. The van der Waals surface area contributed by atoms with Crippen LogP contribution in [0.1, 0.15) is 75.8 Å². The first kappa shape index (κ1) is 39.1. The van der Waals surface area contributed by atoms with Gasteiger partial charge in [0.1, 0.15) is 23.2 Å². The van der Waals surface area contributed by atoms with Crippen molar-refractivity contribution in [3.63, 3.8) is 0 Å². The van der Waals surface area contributed by atoms with Gasteiger partial charge in [0.05, 0.1) is 34.1 Å². The summed E-state index contributed by atoms with van der Waals surface area (Å²) in [7, 11) is 1.78. The van der Waals surface area contributed by atoms with Crippen LogP contribution in [0.15, 0.2) is 53.6 Å². The van der Waals surface area contributed by atoms with Gasteiger partial charge in [-0.2, -0.15) is 10.4 Å². The number of ether oxygens (including phenoxy) is 1. The van der Waals surface area contributed by atoms with Gasteiger partial charge in [0.25, 0.3) is 5.56 Å². The van der Waals surface area contributed by atoms with Gasteiger partial charge in [-0.15, -0.1) is 0 Å². The van der Waals surface area contributed by atoms with Crippen molar-refractivity contribution >= 4 is 62.9 Å². The van der Waals surface area contributed by atoms with Crippen LogP contribution >= 0.6 is 11.9 Å². The molecule has 3 saturated carbocycles. The first-order valence-corrected chi connectivity index (χ1v) is 22.5. The van der Waals surface area contributed by atoms with E-state index in [1.807, 2.05) is 6.07 Å². The number of aromatic nitrogens is 4. The molecule has 0 radical (unpaired) electrons. The van der Waals surface area contributed by atoms with E-state index < -0.39 is 11.8 Å². The molecule has 3 aliphatic heterocycles. The van der Waals surface area contributed by atoms with Crippen molar-refractivity contribution in [1.29, 1.82) is 5.26 Å². The van der Waals surface area contributed by atoms with Gasteiger partial charge < -0.3 is 19.3 Å². The summed E-state index contributed by atoms with van der Waals surface area (Å²) < 4.78 is 43.4. The first-order valence-electron chi connectivity index (χ1n) is 21.6. The maximum Gasteiger partial charge on any atom is 0.329 e. The molecule has 62 heavy (non-hydrogen) atoms. The molecule has 14 nitrogen and oxygen atoms in total. The van der Waals surface area contributed by atoms with E-state index in [0.717, 1.165) is 83.1 Å². The fourth-order valence-corrected chi connectivity index (χ4v) is 11.8. The number of likely N-dealkylation sites (tertiary alicyclic amines) is 1. The Morgan fingerprint density at radius 1 is 0.935 bits per heavy atom. The Morgan fingerprint density at radius 3 is 2.44 bits per heavy atom. The number of benzene rings is 3. The topological polar surface area (TPSA) is 154 Å². The number of rotatable bonds is 9.